The first-order chi connectivity index (χ1) is 11.8. The van der Waals surface area contributed by atoms with E-state index >= 15 is 0 Å². The minimum atomic E-state index is 0. The first-order valence-electron chi connectivity index (χ1n) is 9.62. The largest absolute Gasteiger partial charge is 1.00 e. The van der Waals surface area contributed by atoms with Gasteiger partial charge in [0.05, 0.1) is 32.8 Å². The van der Waals surface area contributed by atoms with Gasteiger partial charge in [-0.3, -0.25) is 9.69 Å². The molecule has 1 N–H and O–H groups in total. The topological polar surface area (TPSA) is 34.0 Å². The molecule has 1 saturated carbocycles. The first kappa shape index (κ1) is 20.1. The van der Waals surface area contributed by atoms with Crippen molar-refractivity contribution in [3.05, 3.63) is 24.3 Å². The second-order valence-electron chi connectivity index (χ2n) is 7.10. The Morgan fingerprint density at radius 1 is 1.20 bits per heavy atom. The molecule has 1 aliphatic carbocycles. The molecule has 1 heterocycles. The van der Waals surface area contributed by atoms with Gasteiger partial charge in [-0.25, -0.2) is 0 Å². The van der Waals surface area contributed by atoms with Crippen LogP contribution >= 0.6 is 0 Å². The number of carbonyl (C=O) groups is 1. The lowest BCUT2D eigenvalue weighted by molar-refractivity contribution is -0.837. The fraction of sp³-hybridized carbons (Fsp3) is 0.650. The number of hydrogen-bond acceptors (Lipinski definition) is 2. The van der Waals surface area contributed by atoms with Crippen LogP contribution in [0.2, 0.25) is 0 Å². The maximum atomic E-state index is 12.5. The molecule has 0 atom stereocenters. The lowest BCUT2D eigenvalue weighted by Crippen LogP contribution is -3.10. The number of rotatable bonds is 6. The van der Waals surface area contributed by atoms with Gasteiger partial charge in [-0.15, -0.1) is 0 Å². The van der Waals surface area contributed by atoms with Gasteiger partial charge >= 0.3 is 0 Å². The number of benzene rings is 1. The zero-order valence-electron chi connectivity index (χ0n) is 15.3. The van der Waals surface area contributed by atoms with Crippen molar-refractivity contribution in [1.82, 2.24) is 4.90 Å². The van der Waals surface area contributed by atoms with E-state index in [9.17, 15) is 4.79 Å². The van der Waals surface area contributed by atoms with Gasteiger partial charge in [-0.2, -0.15) is 0 Å². The molecule has 3 rings (SSSR count). The molecule has 2 fully saturated rings. The molecule has 2 aliphatic rings. The Bertz CT molecular complexity index is 538. The maximum absolute atomic E-state index is 12.5. The summed E-state index contributed by atoms with van der Waals surface area (Å²) in [4.78, 5) is 16.0. The van der Waals surface area contributed by atoms with Crippen LogP contribution in [0.15, 0.2) is 24.3 Å². The molecule has 0 aromatic heterocycles. The van der Waals surface area contributed by atoms with E-state index in [2.05, 4.69) is 17.0 Å². The Hall–Kier alpha value is -1.26. The third-order valence-corrected chi connectivity index (χ3v) is 5.53. The van der Waals surface area contributed by atoms with Gasteiger partial charge in [-0.1, -0.05) is 37.8 Å². The number of nitrogens with zero attached hydrogens (tertiary/aromatic N) is 1. The lowest BCUT2D eigenvalue weighted by atomic mass is 10.0. The predicted molar refractivity (Wildman–Crippen MR) is 95.7 cm³/mol. The predicted octanol–water partition coefficient (Wildman–Crippen LogP) is -0.582. The van der Waals surface area contributed by atoms with Crippen molar-refractivity contribution >= 4 is 11.6 Å². The van der Waals surface area contributed by atoms with Crippen LogP contribution in [0.25, 0.3) is 0 Å². The Labute approximate surface area is 157 Å². The van der Waals surface area contributed by atoms with E-state index in [0.717, 1.165) is 50.7 Å². The number of amides is 1. The molecule has 25 heavy (non-hydrogen) atoms. The Morgan fingerprint density at radius 3 is 2.56 bits per heavy atom. The summed E-state index contributed by atoms with van der Waals surface area (Å²) in [5, 5.41) is 0. The Balaban J connectivity index is 0.00000225. The minimum Gasteiger partial charge on any atom is -1.00 e. The molecular formula is C20H31ClN2O2. The van der Waals surface area contributed by atoms with Crippen molar-refractivity contribution < 1.29 is 26.8 Å². The standard InChI is InChI=1S/C20H30N2O2.ClH/c1-2-24-19-10-6-5-9-18(19)21-13-15-22(16-14-21)20(23)12-11-17-7-3-4-8-17;/h5-6,9-10,17H,2-4,7-8,11-16H2,1H3;1H. The molecule has 1 saturated heterocycles. The second-order valence-corrected chi connectivity index (χ2v) is 7.10. The van der Waals surface area contributed by atoms with E-state index in [-0.39, 0.29) is 12.4 Å². The average Bonchev–Trinajstić information content (AvgIpc) is 3.14. The summed E-state index contributed by atoms with van der Waals surface area (Å²) in [7, 11) is 0. The monoisotopic (exact) mass is 366 g/mol. The van der Waals surface area contributed by atoms with E-state index in [1.165, 1.54) is 36.3 Å². The van der Waals surface area contributed by atoms with Crippen LogP contribution in [0.1, 0.15) is 45.4 Å². The highest BCUT2D eigenvalue weighted by molar-refractivity contribution is 5.76. The molecule has 1 aromatic rings. The number of para-hydroxylation sites is 2. The maximum Gasteiger partial charge on any atom is 0.222 e. The van der Waals surface area contributed by atoms with Crippen molar-refractivity contribution in [3.8, 4) is 5.75 Å². The van der Waals surface area contributed by atoms with Crippen LogP contribution in [0.3, 0.4) is 0 Å². The number of hydrogen-bond donors (Lipinski definition) is 1. The highest BCUT2D eigenvalue weighted by Gasteiger charge is 2.27. The summed E-state index contributed by atoms with van der Waals surface area (Å²) in [5.74, 6) is 2.15. The summed E-state index contributed by atoms with van der Waals surface area (Å²) in [6.07, 6.45) is 7.23. The van der Waals surface area contributed by atoms with Crippen LogP contribution in [-0.2, 0) is 4.79 Å². The van der Waals surface area contributed by atoms with Crippen molar-refractivity contribution in [2.45, 2.75) is 45.4 Å². The molecule has 140 valence electrons. The normalized spacial score (nSPS) is 18.8. The fourth-order valence-electron chi connectivity index (χ4n) is 4.12. The smallest absolute Gasteiger partial charge is 0.222 e. The van der Waals surface area contributed by atoms with Gasteiger partial charge in [0.1, 0.15) is 0 Å². The summed E-state index contributed by atoms with van der Waals surface area (Å²) in [6, 6.07) is 8.30. The molecule has 0 bridgehead atoms. The molecule has 1 aliphatic heterocycles. The van der Waals surface area contributed by atoms with Gasteiger partial charge < -0.3 is 22.0 Å². The van der Waals surface area contributed by atoms with E-state index in [1.807, 2.05) is 19.1 Å². The van der Waals surface area contributed by atoms with Crippen molar-refractivity contribution in [1.29, 1.82) is 0 Å². The summed E-state index contributed by atoms with van der Waals surface area (Å²) in [5.41, 5.74) is 1.23. The van der Waals surface area contributed by atoms with Crippen molar-refractivity contribution in [2.75, 3.05) is 32.8 Å². The zero-order valence-corrected chi connectivity index (χ0v) is 16.1. The summed E-state index contributed by atoms with van der Waals surface area (Å²) in [6.45, 7) is 6.38. The third kappa shape index (κ3) is 5.35. The van der Waals surface area contributed by atoms with Gasteiger partial charge in [0, 0.05) is 12.5 Å². The van der Waals surface area contributed by atoms with Gasteiger partial charge in [0.15, 0.2) is 11.4 Å². The van der Waals surface area contributed by atoms with Gasteiger partial charge in [0.2, 0.25) is 5.91 Å². The van der Waals surface area contributed by atoms with E-state index in [1.54, 1.807) is 0 Å². The van der Waals surface area contributed by atoms with Crippen LogP contribution in [0.5, 0.6) is 5.75 Å². The highest BCUT2D eigenvalue weighted by atomic mass is 35.5. The molecule has 1 aromatic carbocycles. The quantitative estimate of drug-likeness (QED) is 0.731. The third-order valence-electron chi connectivity index (χ3n) is 5.53. The Kier molecular flexibility index (Phi) is 8.04. The van der Waals surface area contributed by atoms with E-state index in [0.29, 0.717) is 12.5 Å². The van der Waals surface area contributed by atoms with E-state index in [4.69, 9.17) is 4.74 Å². The molecule has 0 unspecified atom stereocenters. The molecule has 4 nitrogen and oxygen atoms in total. The van der Waals surface area contributed by atoms with Crippen LogP contribution in [0.4, 0.5) is 5.69 Å². The molecule has 0 radical (unpaired) electrons. The van der Waals surface area contributed by atoms with Crippen LogP contribution < -0.4 is 22.0 Å². The van der Waals surface area contributed by atoms with Gasteiger partial charge in [0.25, 0.3) is 0 Å². The van der Waals surface area contributed by atoms with Crippen LogP contribution in [-0.4, -0.2) is 43.6 Å². The van der Waals surface area contributed by atoms with Crippen molar-refractivity contribution in [3.63, 3.8) is 0 Å². The number of halogens is 1. The number of piperazine rings is 1. The minimum absolute atomic E-state index is 0. The Morgan fingerprint density at radius 2 is 1.88 bits per heavy atom. The number of carbonyl (C=O) groups excluding carboxylic acids is 1. The first-order valence-corrected chi connectivity index (χ1v) is 9.62. The zero-order chi connectivity index (χ0) is 16.8. The summed E-state index contributed by atoms with van der Waals surface area (Å²) >= 11 is 0. The van der Waals surface area contributed by atoms with E-state index < -0.39 is 0 Å². The molecular weight excluding hydrogens is 336 g/mol. The lowest BCUT2D eigenvalue weighted by Gasteiger charge is -2.32. The fourth-order valence-corrected chi connectivity index (χ4v) is 4.12. The summed E-state index contributed by atoms with van der Waals surface area (Å²) < 4.78 is 5.76. The van der Waals surface area contributed by atoms with Crippen molar-refractivity contribution in [2.24, 2.45) is 5.92 Å². The number of ether oxygens (including phenoxy) is 1. The number of nitrogens with one attached hydrogen (secondary N) is 1. The number of quaternary nitrogens is 1. The van der Waals surface area contributed by atoms with Gasteiger partial charge in [-0.05, 0) is 25.3 Å². The molecule has 1 amide bonds. The SMILES string of the molecule is CCOc1ccccc1[NH+]1CCN(C(=O)CCC2CCCC2)CC1.[Cl-]. The second kappa shape index (κ2) is 10.0. The highest BCUT2D eigenvalue weighted by Crippen LogP contribution is 2.28. The van der Waals surface area contributed by atoms with Crippen LogP contribution in [0, 0.1) is 5.92 Å². The molecule has 0 spiro atoms. The average molecular weight is 367 g/mol. The molecule has 5 heteroatoms.